The second kappa shape index (κ2) is 7.24. The Morgan fingerprint density at radius 1 is 1.19 bits per heavy atom. The predicted molar refractivity (Wildman–Crippen MR) is 81.0 cm³/mol. The lowest BCUT2D eigenvalue weighted by Crippen LogP contribution is -2.41. The summed E-state index contributed by atoms with van der Waals surface area (Å²) in [5.41, 5.74) is 0. The Labute approximate surface area is 126 Å². The Hall–Kier alpha value is -1.11. The van der Waals surface area contributed by atoms with Crippen LogP contribution in [0.3, 0.4) is 0 Å². The number of sulfonamides is 1. The van der Waals surface area contributed by atoms with Crippen LogP contribution in [-0.4, -0.2) is 45.6 Å². The van der Waals surface area contributed by atoms with Crippen LogP contribution in [0.4, 0.5) is 0 Å². The summed E-state index contributed by atoms with van der Waals surface area (Å²) in [6.07, 6.45) is 2.96. The minimum atomic E-state index is -3.40. The Morgan fingerprint density at radius 2 is 1.90 bits per heavy atom. The molecule has 1 aliphatic heterocycles. The van der Waals surface area contributed by atoms with E-state index in [-0.39, 0.29) is 6.04 Å². The number of rotatable bonds is 6. The molecule has 0 N–H and O–H groups in total. The molecule has 1 heterocycles. The number of nitrogens with zero attached hydrogens (tertiary/aromatic N) is 1. The normalized spacial score (nSPS) is 20.4. The van der Waals surface area contributed by atoms with Gasteiger partial charge >= 0.3 is 0 Å². The van der Waals surface area contributed by atoms with Gasteiger partial charge in [0.05, 0.1) is 11.5 Å². The van der Waals surface area contributed by atoms with Crippen LogP contribution >= 0.6 is 0 Å². The van der Waals surface area contributed by atoms with Gasteiger partial charge in [-0.3, -0.25) is 0 Å². The molecule has 1 unspecified atom stereocenters. The molecule has 1 atom stereocenters. The fourth-order valence-corrected chi connectivity index (χ4v) is 4.21. The van der Waals surface area contributed by atoms with Gasteiger partial charge in [-0.25, -0.2) is 8.42 Å². The fourth-order valence-electron chi connectivity index (χ4n) is 2.51. The van der Waals surface area contributed by atoms with Crippen molar-refractivity contribution in [3.8, 4) is 5.75 Å². The molecule has 5 nitrogen and oxygen atoms in total. The average Bonchev–Trinajstić information content (AvgIpc) is 2.48. The van der Waals surface area contributed by atoms with Crippen LogP contribution in [0.25, 0.3) is 0 Å². The van der Waals surface area contributed by atoms with E-state index in [9.17, 15) is 8.42 Å². The summed E-state index contributed by atoms with van der Waals surface area (Å²) in [6, 6.07) is 6.67. The first-order valence-electron chi connectivity index (χ1n) is 7.29. The quantitative estimate of drug-likeness (QED) is 0.756. The molecule has 6 heteroatoms. The van der Waals surface area contributed by atoms with Gasteiger partial charge in [0.2, 0.25) is 10.0 Å². The highest BCUT2D eigenvalue weighted by Crippen LogP contribution is 2.26. The van der Waals surface area contributed by atoms with Crippen molar-refractivity contribution in [2.24, 2.45) is 0 Å². The summed E-state index contributed by atoms with van der Waals surface area (Å²) in [5.74, 6) is 0.651. The molecule has 21 heavy (non-hydrogen) atoms. The maximum absolute atomic E-state index is 12.6. The van der Waals surface area contributed by atoms with E-state index in [0.29, 0.717) is 30.4 Å². The number of ether oxygens (including phenoxy) is 2. The van der Waals surface area contributed by atoms with Crippen LogP contribution in [0.2, 0.25) is 0 Å². The van der Waals surface area contributed by atoms with E-state index in [2.05, 4.69) is 0 Å². The maximum atomic E-state index is 12.6. The molecule has 118 valence electrons. The standard InChI is InChI=1S/C15H23NO4S/c1-13-5-3-4-10-16(13)21(17,18)15-8-6-14(7-9-15)20-12-11-19-2/h6-9,13H,3-5,10-12H2,1-2H3. The van der Waals surface area contributed by atoms with E-state index in [1.54, 1.807) is 35.7 Å². The van der Waals surface area contributed by atoms with Crippen molar-refractivity contribution in [3.63, 3.8) is 0 Å². The Kier molecular flexibility index (Phi) is 5.61. The Balaban J connectivity index is 2.09. The summed E-state index contributed by atoms with van der Waals surface area (Å²) in [6.45, 7) is 3.53. The number of hydrogen-bond donors (Lipinski definition) is 0. The highest BCUT2D eigenvalue weighted by atomic mass is 32.2. The van der Waals surface area contributed by atoms with Gasteiger partial charge in [-0.15, -0.1) is 0 Å². The van der Waals surface area contributed by atoms with Gasteiger partial charge in [0.25, 0.3) is 0 Å². The van der Waals surface area contributed by atoms with Gasteiger partial charge in [0, 0.05) is 19.7 Å². The molecule has 2 rings (SSSR count). The molecule has 0 saturated carbocycles. The van der Waals surface area contributed by atoms with Crippen molar-refractivity contribution < 1.29 is 17.9 Å². The molecular formula is C15H23NO4S. The molecule has 0 bridgehead atoms. The van der Waals surface area contributed by atoms with Crippen molar-refractivity contribution in [2.75, 3.05) is 26.9 Å². The Morgan fingerprint density at radius 3 is 2.52 bits per heavy atom. The molecule has 0 aliphatic carbocycles. The second-order valence-corrected chi connectivity index (χ2v) is 7.16. The predicted octanol–water partition coefficient (Wildman–Crippen LogP) is 2.27. The van der Waals surface area contributed by atoms with E-state index in [4.69, 9.17) is 9.47 Å². The first kappa shape index (κ1) is 16.3. The van der Waals surface area contributed by atoms with Crippen LogP contribution in [-0.2, 0) is 14.8 Å². The van der Waals surface area contributed by atoms with Crippen LogP contribution in [0.15, 0.2) is 29.2 Å². The first-order valence-corrected chi connectivity index (χ1v) is 8.73. The molecule has 1 aromatic carbocycles. The summed E-state index contributed by atoms with van der Waals surface area (Å²) < 4.78 is 37.2. The van der Waals surface area contributed by atoms with Gasteiger partial charge in [-0.05, 0) is 44.0 Å². The molecule has 0 aromatic heterocycles. The SMILES string of the molecule is COCCOc1ccc(S(=O)(=O)N2CCCCC2C)cc1. The summed E-state index contributed by atoms with van der Waals surface area (Å²) in [5, 5.41) is 0. The molecular weight excluding hydrogens is 290 g/mol. The van der Waals surface area contributed by atoms with Crippen LogP contribution in [0.5, 0.6) is 5.75 Å². The van der Waals surface area contributed by atoms with Crippen molar-refractivity contribution in [1.82, 2.24) is 4.31 Å². The monoisotopic (exact) mass is 313 g/mol. The van der Waals surface area contributed by atoms with E-state index in [0.717, 1.165) is 19.3 Å². The van der Waals surface area contributed by atoms with Gasteiger partial charge in [0.1, 0.15) is 12.4 Å². The van der Waals surface area contributed by atoms with Gasteiger partial charge in [0.15, 0.2) is 0 Å². The third-order valence-electron chi connectivity index (χ3n) is 3.73. The van der Waals surface area contributed by atoms with Crippen LogP contribution in [0, 0.1) is 0 Å². The van der Waals surface area contributed by atoms with Crippen molar-refractivity contribution in [2.45, 2.75) is 37.1 Å². The smallest absolute Gasteiger partial charge is 0.243 e. The van der Waals surface area contributed by atoms with Gasteiger partial charge < -0.3 is 9.47 Å². The third kappa shape index (κ3) is 3.96. The zero-order chi connectivity index (χ0) is 15.3. The molecule has 1 fully saturated rings. The van der Waals surface area contributed by atoms with E-state index in [1.165, 1.54) is 0 Å². The average molecular weight is 313 g/mol. The zero-order valence-corrected chi connectivity index (χ0v) is 13.4. The minimum Gasteiger partial charge on any atom is -0.491 e. The molecule has 1 aliphatic rings. The lowest BCUT2D eigenvalue weighted by atomic mass is 10.1. The maximum Gasteiger partial charge on any atom is 0.243 e. The van der Waals surface area contributed by atoms with E-state index >= 15 is 0 Å². The minimum absolute atomic E-state index is 0.0707. The Bertz CT molecular complexity index is 541. The van der Waals surface area contributed by atoms with Gasteiger partial charge in [-0.2, -0.15) is 4.31 Å². The lowest BCUT2D eigenvalue weighted by molar-refractivity contribution is 0.146. The zero-order valence-electron chi connectivity index (χ0n) is 12.6. The molecule has 0 radical (unpaired) electrons. The lowest BCUT2D eigenvalue weighted by Gasteiger charge is -2.32. The third-order valence-corrected chi connectivity index (χ3v) is 5.76. The van der Waals surface area contributed by atoms with Gasteiger partial charge in [-0.1, -0.05) is 6.42 Å². The first-order chi connectivity index (χ1) is 10.1. The summed E-state index contributed by atoms with van der Waals surface area (Å²) in [4.78, 5) is 0.329. The number of methoxy groups -OCH3 is 1. The summed E-state index contributed by atoms with van der Waals surface area (Å²) in [7, 11) is -1.79. The summed E-state index contributed by atoms with van der Waals surface area (Å²) >= 11 is 0. The van der Waals surface area contributed by atoms with Crippen molar-refractivity contribution >= 4 is 10.0 Å². The molecule has 1 saturated heterocycles. The highest BCUT2D eigenvalue weighted by Gasteiger charge is 2.30. The van der Waals surface area contributed by atoms with Crippen LogP contribution < -0.4 is 4.74 Å². The number of hydrogen-bond acceptors (Lipinski definition) is 4. The topological polar surface area (TPSA) is 55.8 Å². The fraction of sp³-hybridized carbons (Fsp3) is 0.600. The number of benzene rings is 1. The second-order valence-electron chi connectivity index (χ2n) is 5.27. The molecule has 0 spiro atoms. The van der Waals surface area contributed by atoms with Crippen molar-refractivity contribution in [3.05, 3.63) is 24.3 Å². The van der Waals surface area contributed by atoms with E-state index < -0.39 is 10.0 Å². The number of piperidine rings is 1. The largest absolute Gasteiger partial charge is 0.491 e. The molecule has 1 aromatic rings. The molecule has 0 amide bonds. The van der Waals surface area contributed by atoms with Crippen LogP contribution in [0.1, 0.15) is 26.2 Å². The van der Waals surface area contributed by atoms with E-state index in [1.807, 2.05) is 6.92 Å². The highest BCUT2D eigenvalue weighted by molar-refractivity contribution is 7.89. The van der Waals surface area contributed by atoms with Crippen molar-refractivity contribution in [1.29, 1.82) is 0 Å².